The van der Waals surface area contributed by atoms with E-state index < -0.39 is 0 Å². The molecule has 3 aromatic rings. The van der Waals surface area contributed by atoms with Gasteiger partial charge in [0, 0.05) is 29.7 Å². The van der Waals surface area contributed by atoms with E-state index in [1.807, 2.05) is 30.3 Å². The van der Waals surface area contributed by atoms with Gasteiger partial charge in [0.05, 0.1) is 6.61 Å². The third-order valence-corrected chi connectivity index (χ3v) is 4.35. The van der Waals surface area contributed by atoms with Crippen molar-refractivity contribution in [1.29, 1.82) is 0 Å². The molecule has 3 aromatic carbocycles. The van der Waals surface area contributed by atoms with Gasteiger partial charge >= 0.3 is 0 Å². The number of ketones is 2. The van der Waals surface area contributed by atoms with Crippen molar-refractivity contribution < 1.29 is 19.4 Å². The number of aliphatic hydroxyl groups is 1. The van der Waals surface area contributed by atoms with Crippen LogP contribution in [0.4, 0.5) is 0 Å². The van der Waals surface area contributed by atoms with Crippen molar-refractivity contribution in [2.45, 2.75) is 6.42 Å². The average molecular weight is 386 g/mol. The highest BCUT2D eigenvalue weighted by Crippen LogP contribution is 2.17. The summed E-state index contributed by atoms with van der Waals surface area (Å²) < 4.78 is 5.47. The molecule has 0 amide bonds. The zero-order chi connectivity index (χ0) is 20.5. The molecule has 29 heavy (non-hydrogen) atoms. The number of rotatable bonds is 9. The smallest absolute Gasteiger partial charge is 0.193 e. The van der Waals surface area contributed by atoms with Gasteiger partial charge in [0.15, 0.2) is 11.6 Å². The summed E-state index contributed by atoms with van der Waals surface area (Å²) in [5, 5.41) is 8.77. The number of hydrogen-bond acceptors (Lipinski definition) is 4. The lowest BCUT2D eigenvalue weighted by atomic mass is 10.0. The fraction of sp³-hybridized carbons (Fsp3) is 0.120. The summed E-state index contributed by atoms with van der Waals surface area (Å²) >= 11 is 0. The minimum absolute atomic E-state index is 0.0805. The molecule has 0 bridgehead atoms. The summed E-state index contributed by atoms with van der Waals surface area (Å²) in [6, 6.07) is 23.1. The van der Waals surface area contributed by atoms with Crippen LogP contribution in [-0.2, 0) is 0 Å². The highest BCUT2D eigenvalue weighted by atomic mass is 16.5. The van der Waals surface area contributed by atoms with Crippen molar-refractivity contribution in [1.82, 2.24) is 0 Å². The number of hydrogen-bond donors (Lipinski definition) is 1. The molecule has 146 valence electrons. The summed E-state index contributed by atoms with van der Waals surface area (Å²) in [6.45, 7) is 0.509. The minimum Gasteiger partial charge on any atom is -0.494 e. The van der Waals surface area contributed by atoms with Crippen LogP contribution >= 0.6 is 0 Å². The lowest BCUT2D eigenvalue weighted by molar-refractivity contribution is 0.103. The van der Waals surface area contributed by atoms with Crippen LogP contribution in [0.1, 0.15) is 38.3 Å². The molecule has 0 spiro atoms. The topological polar surface area (TPSA) is 63.6 Å². The summed E-state index contributed by atoms with van der Waals surface area (Å²) in [6.07, 6.45) is 3.86. The second kappa shape index (κ2) is 10.2. The first-order chi connectivity index (χ1) is 14.2. The van der Waals surface area contributed by atoms with E-state index in [0.29, 0.717) is 35.5 Å². The number of carbonyl (C=O) groups is 2. The molecule has 0 aliphatic carbocycles. The van der Waals surface area contributed by atoms with Crippen molar-refractivity contribution in [2.75, 3.05) is 13.2 Å². The molecule has 0 unspecified atom stereocenters. The van der Waals surface area contributed by atoms with Crippen LogP contribution < -0.4 is 4.74 Å². The number of aliphatic hydroxyl groups excluding tert-OH is 1. The minimum atomic E-state index is -0.120. The molecular formula is C25H22O4. The summed E-state index contributed by atoms with van der Waals surface area (Å²) in [7, 11) is 0. The van der Waals surface area contributed by atoms with Gasteiger partial charge in [-0.05, 0) is 35.9 Å². The van der Waals surface area contributed by atoms with Gasteiger partial charge in [0.1, 0.15) is 5.75 Å². The molecular weight excluding hydrogens is 364 g/mol. The lowest BCUT2D eigenvalue weighted by Crippen LogP contribution is -2.03. The zero-order valence-corrected chi connectivity index (χ0v) is 16.0. The Hall–Kier alpha value is -3.50. The average Bonchev–Trinajstić information content (AvgIpc) is 2.78. The quantitative estimate of drug-likeness (QED) is 0.332. The number of allylic oxidation sites excluding steroid dienone is 1. The Bertz CT molecular complexity index is 972. The van der Waals surface area contributed by atoms with E-state index in [1.165, 1.54) is 6.08 Å². The molecule has 0 aliphatic rings. The van der Waals surface area contributed by atoms with E-state index in [2.05, 4.69) is 0 Å². The number of benzene rings is 3. The summed E-state index contributed by atoms with van der Waals surface area (Å²) in [5.74, 6) is 0.420. The third-order valence-electron chi connectivity index (χ3n) is 4.35. The normalized spacial score (nSPS) is 10.8. The van der Waals surface area contributed by atoms with E-state index in [9.17, 15) is 9.59 Å². The largest absolute Gasteiger partial charge is 0.494 e. The fourth-order valence-electron chi connectivity index (χ4n) is 2.74. The van der Waals surface area contributed by atoms with Crippen LogP contribution in [0.15, 0.2) is 84.9 Å². The van der Waals surface area contributed by atoms with E-state index >= 15 is 0 Å². The molecule has 0 radical (unpaired) electrons. The molecule has 4 nitrogen and oxygen atoms in total. The van der Waals surface area contributed by atoms with Crippen LogP contribution in [-0.4, -0.2) is 29.9 Å². The van der Waals surface area contributed by atoms with Crippen molar-refractivity contribution in [3.8, 4) is 5.75 Å². The van der Waals surface area contributed by atoms with E-state index in [1.54, 1.807) is 54.6 Å². The van der Waals surface area contributed by atoms with Crippen molar-refractivity contribution in [3.05, 3.63) is 107 Å². The predicted octanol–water partition coefficient (Wildman–Crippen LogP) is 4.57. The van der Waals surface area contributed by atoms with Crippen LogP contribution in [0.5, 0.6) is 5.75 Å². The lowest BCUT2D eigenvalue weighted by Gasteiger charge is -2.06. The first kappa shape index (κ1) is 20.2. The van der Waals surface area contributed by atoms with E-state index in [4.69, 9.17) is 9.84 Å². The van der Waals surface area contributed by atoms with Gasteiger partial charge < -0.3 is 9.84 Å². The monoisotopic (exact) mass is 386 g/mol. The first-order valence-corrected chi connectivity index (χ1v) is 9.43. The summed E-state index contributed by atoms with van der Waals surface area (Å²) in [5.41, 5.74) is 2.54. The Morgan fingerprint density at radius 2 is 1.38 bits per heavy atom. The highest BCUT2D eigenvalue weighted by Gasteiger charge is 2.10. The highest BCUT2D eigenvalue weighted by molar-refractivity contribution is 6.10. The van der Waals surface area contributed by atoms with Gasteiger partial charge in [0.2, 0.25) is 0 Å². The molecule has 0 atom stereocenters. The van der Waals surface area contributed by atoms with E-state index in [-0.39, 0.29) is 18.2 Å². The summed E-state index contributed by atoms with van der Waals surface area (Å²) in [4.78, 5) is 25.0. The standard InChI is InChI=1S/C25H22O4/c26-17-4-18-29-23-14-12-22(13-15-23)25(28)21-10-8-20(9-11-21)24(27)16-7-19-5-2-1-3-6-19/h1-3,5-16,26H,4,17-18H2. The maximum Gasteiger partial charge on any atom is 0.193 e. The Kier molecular flexibility index (Phi) is 7.09. The molecule has 0 aliphatic heterocycles. The van der Waals surface area contributed by atoms with Gasteiger partial charge in [-0.1, -0.05) is 60.7 Å². The molecule has 0 saturated carbocycles. The van der Waals surface area contributed by atoms with Crippen molar-refractivity contribution >= 4 is 17.6 Å². The Labute approximate surface area is 170 Å². The van der Waals surface area contributed by atoms with Gasteiger partial charge in [-0.2, -0.15) is 0 Å². The number of carbonyl (C=O) groups excluding carboxylic acids is 2. The Balaban J connectivity index is 1.64. The van der Waals surface area contributed by atoms with E-state index in [0.717, 1.165) is 5.56 Å². The molecule has 3 rings (SSSR count). The van der Waals surface area contributed by atoms with Crippen molar-refractivity contribution in [3.63, 3.8) is 0 Å². The third kappa shape index (κ3) is 5.74. The Morgan fingerprint density at radius 1 is 0.793 bits per heavy atom. The predicted molar refractivity (Wildman–Crippen MR) is 113 cm³/mol. The number of ether oxygens (including phenoxy) is 1. The van der Waals surface area contributed by atoms with Crippen molar-refractivity contribution in [2.24, 2.45) is 0 Å². The van der Waals surface area contributed by atoms with Crippen LogP contribution in [0, 0.1) is 0 Å². The van der Waals surface area contributed by atoms with Gasteiger partial charge in [-0.25, -0.2) is 0 Å². The van der Waals surface area contributed by atoms with Gasteiger partial charge in [0.25, 0.3) is 0 Å². The maximum atomic E-state index is 12.6. The van der Waals surface area contributed by atoms with Gasteiger partial charge in [-0.15, -0.1) is 0 Å². The molecule has 0 fully saturated rings. The molecule has 4 heteroatoms. The molecule has 0 heterocycles. The fourth-order valence-corrected chi connectivity index (χ4v) is 2.74. The van der Waals surface area contributed by atoms with Crippen LogP contribution in [0.25, 0.3) is 6.08 Å². The zero-order valence-electron chi connectivity index (χ0n) is 16.0. The molecule has 0 saturated heterocycles. The second-order valence-corrected chi connectivity index (χ2v) is 6.46. The SMILES string of the molecule is O=C(C=Cc1ccccc1)c1ccc(C(=O)c2ccc(OCCCO)cc2)cc1. The van der Waals surface area contributed by atoms with Crippen LogP contribution in [0.2, 0.25) is 0 Å². The maximum absolute atomic E-state index is 12.6. The van der Waals surface area contributed by atoms with Crippen LogP contribution in [0.3, 0.4) is 0 Å². The molecule has 1 N–H and O–H groups in total. The molecule has 0 aromatic heterocycles. The first-order valence-electron chi connectivity index (χ1n) is 9.43. The van der Waals surface area contributed by atoms with Gasteiger partial charge in [-0.3, -0.25) is 9.59 Å². The Morgan fingerprint density at radius 3 is 2.00 bits per heavy atom. The second-order valence-electron chi connectivity index (χ2n) is 6.46.